The summed E-state index contributed by atoms with van der Waals surface area (Å²) >= 11 is 6.77. The van der Waals surface area contributed by atoms with Gasteiger partial charge in [0, 0.05) is 35.7 Å². The van der Waals surface area contributed by atoms with Crippen LogP contribution in [0.5, 0.6) is 0 Å². The molecule has 0 amide bonds. The third kappa shape index (κ3) is 4.99. The fourth-order valence-electron chi connectivity index (χ4n) is 4.55. The van der Waals surface area contributed by atoms with Crippen LogP contribution in [0, 0.1) is 23.7 Å². The smallest absolute Gasteiger partial charge is 0.148 e. The van der Waals surface area contributed by atoms with Crippen LogP contribution in [0.25, 0.3) is 10.9 Å². The molecule has 0 radical (unpaired) electrons. The second kappa shape index (κ2) is 9.35. The first-order chi connectivity index (χ1) is 17.6. The van der Waals surface area contributed by atoms with Crippen molar-refractivity contribution in [2.24, 2.45) is 5.41 Å². The van der Waals surface area contributed by atoms with E-state index < -0.39 is 5.44 Å². The minimum absolute atomic E-state index is 0.0196. The molecule has 0 bridgehead atoms. The summed E-state index contributed by atoms with van der Waals surface area (Å²) in [5.41, 5.74) is 4.58. The van der Waals surface area contributed by atoms with Crippen molar-refractivity contribution in [3.63, 3.8) is 0 Å². The second-order valence-corrected chi connectivity index (χ2v) is 11.5. The maximum Gasteiger partial charge on any atom is 0.148 e. The number of nitriles is 1. The first-order valence-corrected chi connectivity index (χ1v) is 12.9. The van der Waals surface area contributed by atoms with Crippen LogP contribution in [-0.4, -0.2) is 39.4 Å². The lowest BCUT2D eigenvalue weighted by Crippen LogP contribution is -2.38. The van der Waals surface area contributed by atoms with Crippen LogP contribution in [-0.2, 0) is 5.44 Å². The molecular formula is C27H30BClN8. The number of hydrogen-bond donors (Lipinski definition) is 2. The Morgan fingerprint density at radius 1 is 1.24 bits per heavy atom. The summed E-state index contributed by atoms with van der Waals surface area (Å²) in [5, 5.41) is 27.2. The Labute approximate surface area is 222 Å². The number of halogens is 1. The highest BCUT2D eigenvalue weighted by molar-refractivity contribution is 6.36. The molecule has 2 N–H and O–H groups in total. The largest absolute Gasteiger partial charge is 0.383 e. The number of aryl methyl sites for hydroxylation is 1. The van der Waals surface area contributed by atoms with Crippen LogP contribution < -0.4 is 10.6 Å². The van der Waals surface area contributed by atoms with Crippen LogP contribution in [0.1, 0.15) is 62.2 Å². The Morgan fingerprint density at radius 3 is 2.70 bits per heavy atom. The van der Waals surface area contributed by atoms with E-state index in [1.807, 2.05) is 36.0 Å². The first-order valence-electron chi connectivity index (χ1n) is 12.5. The van der Waals surface area contributed by atoms with Crippen molar-refractivity contribution in [2.75, 3.05) is 17.2 Å². The Balaban J connectivity index is 1.64. The highest BCUT2D eigenvalue weighted by Crippen LogP contribution is 2.39. The number of nitrogens with one attached hydrogen (secondary N) is 2. The molecule has 1 atom stereocenters. The molecule has 188 valence electrons. The van der Waals surface area contributed by atoms with E-state index in [9.17, 15) is 5.26 Å². The Bertz CT molecular complexity index is 1520. The van der Waals surface area contributed by atoms with Crippen molar-refractivity contribution in [1.29, 1.82) is 5.26 Å². The molecule has 37 heavy (non-hydrogen) atoms. The molecule has 3 heterocycles. The number of pyridine rings is 2. The van der Waals surface area contributed by atoms with E-state index in [1.165, 1.54) is 0 Å². The highest BCUT2D eigenvalue weighted by Gasteiger charge is 2.36. The topological polar surface area (TPSA) is 104 Å². The molecule has 10 heteroatoms. The monoisotopic (exact) mass is 512 g/mol. The molecule has 1 aliphatic rings. The fraction of sp³-hybridized carbons (Fsp3) is 0.370. The van der Waals surface area contributed by atoms with Gasteiger partial charge in [0.15, 0.2) is 0 Å². The van der Waals surface area contributed by atoms with E-state index >= 15 is 0 Å². The number of hydrogen-bond acceptors (Lipinski definition) is 7. The average molecular weight is 513 g/mol. The fourth-order valence-corrected chi connectivity index (χ4v) is 4.82. The quantitative estimate of drug-likeness (QED) is 0.343. The Morgan fingerprint density at radius 2 is 2.03 bits per heavy atom. The van der Waals surface area contributed by atoms with Crippen LogP contribution in [0.4, 0.5) is 11.4 Å². The molecule has 3 aromatic heterocycles. The Kier molecular flexibility index (Phi) is 6.32. The van der Waals surface area contributed by atoms with Gasteiger partial charge in [0.25, 0.3) is 0 Å². The predicted molar refractivity (Wildman–Crippen MR) is 150 cm³/mol. The van der Waals surface area contributed by atoms with Crippen molar-refractivity contribution in [3.8, 4) is 6.07 Å². The van der Waals surface area contributed by atoms with E-state index in [4.69, 9.17) is 11.6 Å². The second-order valence-electron chi connectivity index (χ2n) is 11.1. The number of rotatable bonds is 7. The zero-order valence-electron chi connectivity index (χ0n) is 21.8. The van der Waals surface area contributed by atoms with Gasteiger partial charge in [-0.05, 0) is 48.9 Å². The van der Waals surface area contributed by atoms with Crippen LogP contribution in [0.15, 0.2) is 42.9 Å². The van der Waals surface area contributed by atoms with E-state index in [0.29, 0.717) is 28.7 Å². The van der Waals surface area contributed by atoms with E-state index in [2.05, 4.69) is 71.7 Å². The summed E-state index contributed by atoms with van der Waals surface area (Å²) in [5.74, 6) is 0. The normalized spacial score (nSPS) is 15.2. The molecule has 0 saturated heterocycles. The number of fused-ring (bicyclic) bond motifs is 1. The molecule has 5 rings (SSSR count). The summed E-state index contributed by atoms with van der Waals surface area (Å²) < 4.78 is 1.95. The zero-order valence-corrected chi connectivity index (χ0v) is 22.6. The van der Waals surface area contributed by atoms with Crippen LogP contribution >= 0.6 is 11.6 Å². The van der Waals surface area contributed by atoms with Crippen molar-refractivity contribution in [1.82, 2.24) is 25.0 Å². The van der Waals surface area contributed by atoms with Crippen molar-refractivity contribution >= 4 is 41.7 Å². The van der Waals surface area contributed by atoms with Crippen molar-refractivity contribution in [3.05, 3.63) is 70.4 Å². The van der Waals surface area contributed by atoms with E-state index in [1.54, 1.807) is 12.4 Å². The van der Waals surface area contributed by atoms with Gasteiger partial charge >= 0.3 is 0 Å². The minimum atomic E-state index is -0.734. The lowest BCUT2D eigenvalue weighted by Gasteiger charge is -2.32. The standard InChI is InChI=1S/C27H30BClN8/c1-16-21(6-5-9-31-16)27(28,23-14-37(36-35-23)19-7-8-19)34-18-10-20-24(33-15-26(2,3)4)17(12-30)13-32-25(20)22(29)11-18/h5-6,9-11,13-14,19,34H,7-8,15,28H2,1-4H3,(H,32,33). The van der Waals surface area contributed by atoms with Gasteiger partial charge in [-0.25, -0.2) is 4.68 Å². The van der Waals surface area contributed by atoms with Gasteiger partial charge in [-0.3, -0.25) is 9.97 Å². The van der Waals surface area contributed by atoms with Gasteiger partial charge in [0.05, 0.1) is 39.5 Å². The SMILES string of the molecule is BC(Nc1cc(Cl)c2ncc(C#N)c(NCC(C)(C)C)c2c1)(c1cn(C2CC2)nn1)c1cccnc1C. The summed E-state index contributed by atoms with van der Waals surface area (Å²) in [6, 6.07) is 10.5. The molecule has 1 fully saturated rings. The summed E-state index contributed by atoms with van der Waals surface area (Å²) in [7, 11) is 2.08. The number of aromatic nitrogens is 5. The van der Waals surface area contributed by atoms with E-state index in [0.717, 1.165) is 46.6 Å². The number of nitrogens with zero attached hydrogens (tertiary/aromatic N) is 6. The molecule has 1 aromatic carbocycles. The molecular weight excluding hydrogens is 483 g/mol. The summed E-state index contributed by atoms with van der Waals surface area (Å²) in [4.78, 5) is 9.04. The van der Waals surface area contributed by atoms with Gasteiger partial charge in [0.1, 0.15) is 19.6 Å². The van der Waals surface area contributed by atoms with Gasteiger partial charge < -0.3 is 10.6 Å². The van der Waals surface area contributed by atoms with Gasteiger partial charge in [-0.2, -0.15) is 5.26 Å². The van der Waals surface area contributed by atoms with Gasteiger partial charge in [-0.1, -0.05) is 43.7 Å². The Hall–Kier alpha value is -3.64. The first kappa shape index (κ1) is 25.0. The lowest BCUT2D eigenvalue weighted by molar-refractivity contribution is 0.443. The van der Waals surface area contributed by atoms with Crippen LogP contribution in [0.3, 0.4) is 0 Å². The van der Waals surface area contributed by atoms with Crippen molar-refractivity contribution in [2.45, 2.75) is 52.0 Å². The third-order valence-corrected chi connectivity index (χ3v) is 7.01. The molecule has 1 unspecified atom stereocenters. The van der Waals surface area contributed by atoms with Gasteiger partial charge in [0.2, 0.25) is 0 Å². The molecule has 0 aliphatic heterocycles. The number of anilines is 2. The maximum atomic E-state index is 9.81. The molecule has 1 saturated carbocycles. The highest BCUT2D eigenvalue weighted by atomic mass is 35.5. The zero-order chi connectivity index (χ0) is 26.4. The van der Waals surface area contributed by atoms with Gasteiger partial charge in [-0.15, -0.1) is 5.10 Å². The maximum absolute atomic E-state index is 9.81. The van der Waals surface area contributed by atoms with E-state index in [-0.39, 0.29) is 5.41 Å². The predicted octanol–water partition coefficient (Wildman–Crippen LogP) is 4.79. The molecule has 8 nitrogen and oxygen atoms in total. The summed E-state index contributed by atoms with van der Waals surface area (Å²) in [6.45, 7) is 9.11. The lowest BCUT2D eigenvalue weighted by atomic mass is 9.69. The minimum Gasteiger partial charge on any atom is -0.383 e. The molecule has 1 aliphatic carbocycles. The average Bonchev–Trinajstić information content (AvgIpc) is 3.57. The molecule has 0 spiro atoms. The van der Waals surface area contributed by atoms with Crippen LogP contribution in [0.2, 0.25) is 5.02 Å². The summed E-state index contributed by atoms with van der Waals surface area (Å²) in [6.07, 6.45) is 7.63. The third-order valence-electron chi connectivity index (χ3n) is 6.72. The number of benzene rings is 1. The van der Waals surface area contributed by atoms with Crippen molar-refractivity contribution < 1.29 is 0 Å². The molecule has 4 aromatic rings.